The average Bonchev–Trinajstić information content (AvgIpc) is 2.67. The molecule has 0 radical (unpaired) electrons. The normalized spacial score (nSPS) is 21.1. The van der Waals surface area contributed by atoms with Gasteiger partial charge in [-0.2, -0.15) is 0 Å². The zero-order valence-electron chi connectivity index (χ0n) is 8.83. The molecule has 4 heteroatoms. The third-order valence-electron chi connectivity index (χ3n) is 2.79. The van der Waals surface area contributed by atoms with Crippen LogP contribution >= 0.6 is 0 Å². The minimum Gasteiger partial charge on any atom is -0.395 e. The van der Waals surface area contributed by atoms with E-state index < -0.39 is 0 Å². The van der Waals surface area contributed by atoms with Crippen molar-refractivity contribution in [2.75, 3.05) is 33.3 Å². The van der Waals surface area contributed by atoms with Crippen molar-refractivity contribution < 1.29 is 9.90 Å². The zero-order valence-corrected chi connectivity index (χ0v) is 8.83. The van der Waals surface area contributed by atoms with Gasteiger partial charge in [0.1, 0.15) is 0 Å². The Morgan fingerprint density at radius 1 is 1.64 bits per heavy atom. The summed E-state index contributed by atoms with van der Waals surface area (Å²) in [5.74, 6) is 0.812. The van der Waals surface area contributed by atoms with Crippen LogP contribution in [0.3, 0.4) is 0 Å². The summed E-state index contributed by atoms with van der Waals surface area (Å²) >= 11 is 0. The fourth-order valence-electron chi connectivity index (χ4n) is 1.75. The predicted molar refractivity (Wildman–Crippen MR) is 54.9 cm³/mol. The van der Waals surface area contributed by atoms with E-state index in [0.717, 1.165) is 19.5 Å². The molecular formula is C10H20N2O2. The molecule has 1 saturated heterocycles. The maximum atomic E-state index is 11.5. The summed E-state index contributed by atoms with van der Waals surface area (Å²) < 4.78 is 0. The Balaban J connectivity index is 2.13. The van der Waals surface area contributed by atoms with Gasteiger partial charge in [-0.1, -0.05) is 0 Å². The highest BCUT2D eigenvalue weighted by atomic mass is 16.3. The maximum absolute atomic E-state index is 11.5. The van der Waals surface area contributed by atoms with Gasteiger partial charge in [0.15, 0.2) is 0 Å². The van der Waals surface area contributed by atoms with Crippen LogP contribution in [0.5, 0.6) is 0 Å². The minimum atomic E-state index is 0.0488. The molecule has 1 unspecified atom stereocenters. The fourth-order valence-corrected chi connectivity index (χ4v) is 1.75. The number of hydrogen-bond donors (Lipinski definition) is 2. The molecule has 82 valence electrons. The van der Waals surface area contributed by atoms with Crippen molar-refractivity contribution in [2.45, 2.75) is 19.3 Å². The van der Waals surface area contributed by atoms with E-state index in [4.69, 9.17) is 5.11 Å². The van der Waals surface area contributed by atoms with Gasteiger partial charge in [0.25, 0.3) is 0 Å². The number of nitrogens with zero attached hydrogens (tertiary/aromatic N) is 1. The van der Waals surface area contributed by atoms with Gasteiger partial charge < -0.3 is 15.3 Å². The highest BCUT2D eigenvalue weighted by Gasteiger charge is 2.16. The van der Waals surface area contributed by atoms with Gasteiger partial charge in [-0.15, -0.1) is 0 Å². The molecule has 1 heterocycles. The largest absolute Gasteiger partial charge is 0.395 e. The van der Waals surface area contributed by atoms with E-state index in [1.165, 1.54) is 6.42 Å². The fraction of sp³-hybridized carbons (Fsp3) is 0.900. The first kappa shape index (κ1) is 11.5. The Labute approximate surface area is 85.3 Å². The first-order valence-corrected chi connectivity index (χ1v) is 5.29. The van der Waals surface area contributed by atoms with Crippen LogP contribution in [0, 0.1) is 5.92 Å². The number of nitrogens with one attached hydrogen (secondary N) is 1. The van der Waals surface area contributed by atoms with Gasteiger partial charge in [0.05, 0.1) is 6.61 Å². The molecule has 4 nitrogen and oxygen atoms in total. The lowest BCUT2D eigenvalue weighted by Crippen LogP contribution is -2.29. The molecule has 0 aromatic heterocycles. The van der Waals surface area contributed by atoms with Gasteiger partial charge >= 0.3 is 0 Å². The number of amides is 1. The van der Waals surface area contributed by atoms with Crippen molar-refractivity contribution in [1.82, 2.24) is 10.2 Å². The van der Waals surface area contributed by atoms with E-state index in [1.807, 2.05) is 0 Å². The van der Waals surface area contributed by atoms with Crippen LogP contribution in [0.15, 0.2) is 0 Å². The summed E-state index contributed by atoms with van der Waals surface area (Å²) in [6.07, 6.45) is 2.78. The number of aliphatic hydroxyl groups is 1. The summed E-state index contributed by atoms with van der Waals surface area (Å²) in [6.45, 7) is 2.64. The van der Waals surface area contributed by atoms with Gasteiger partial charge in [-0.05, 0) is 31.8 Å². The first-order chi connectivity index (χ1) is 6.74. The lowest BCUT2D eigenvalue weighted by molar-refractivity contribution is -0.130. The second-order valence-electron chi connectivity index (χ2n) is 3.94. The molecular weight excluding hydrogens is 180 g/mol. The van der Waals surface area contributed by atoms with Gasteiger partial charge in [-0.3, -0.25) is 4.79 Å². The summed E-state index contributed by atoms with van der Waals surface area (Å²) in [6, 6.07) is 0. The van der Waals surface area contributed by atoms with Gasteiger partial charge in [-0.25, -0.2) is 0 Å². The zero-order chi connectivity index (χ0) is 10.4. The molecule has 1 rings (SSSR count). The van der Waals surface area contributed by atoms with Crippen LogP contribution in [0.25, 0.3) is 0 Å². The topological polar surface area (TPSA) is 52.6 Å². The van der Waals surface area contributed by atoms with Crippen molar-refractivity contribution in [3.8, 4) is 0 Å². The van der Waals surface area contributed by atoms with Crippen molar-refractivity contribution in [1.29, 1.82) is 0 Å². The number of carbonyl (C=O) groups excluding carboxylic acids is 1. The van der Waals surface area contributed by atoms with Crippen molar-refractivity contribution in [3.05, 3.63) is 0 Å². The molecule has 0 bridgehead atoms. The lowest BCUT2D eigenvalue weighted by Gasteiger charge is -2.16. The average molecular weight is 200 g/mol. The van der Waals surface area contributed by atoms with E-state index in [2.05, 4.69) is 5.32 Å². The van der Waals surface area contributed by atoms with Crippen LogP contribution < -0.4 is 5.32 Å². The van der Waals surface area contributed by atoms with Crippen LogP contribution in [0.1, 0.15) is 19.3 Å². The maximum Gasteiger partial charge on any atom is 0.222 e. The molecule has 0 aliphatic carbocycles. The van der Waals surface area contributed by atoms with E-state index >= 15 is 0 Å². The van der Waals surface area contributed by atoms with Crippen molar-refractivity contribution in [3.63, 3.8) is 0 Å². The number of hydrogen-bond acceptors (Lipinski definition) is 3. The smallest absolute Gasteiger partial charge is 0.222 e. The highest BCUT2D eigenvalue weighted by Crippen LogP contribution is 2.14. The molecule has 1 fully saturated rings. The predicted octanol–water partition coefficient (Wildman–Crippen LogP) is -0.173. The van der Waals surface area contributed by atoms with Crippen LogP contribution in [-0.4, -0.2) is 49.2 Å². The minimum absolute atomic E-state index is 0.0488. The number of likely N-dealkylation sites (N-methyl/N-ethyl adjacent to an activating group) is 1. The molecule has 1 aliphatic heterocycles. The number of rotatable bonds is 5. The molecule has 0 spiro atoms. The Morgan fingerprint density at radius 3 is 3.00 bits per heavy atom. The Bertz CT molecular complexity index is 179. The molecule has 1 aliphatic rings. The number of aliphatic hydroxyl groups excluding tert-OH is 1. The van der Waals surface area contributed by atoms with E-state index in [9.17, 15) is 4.79 Å². The molecule has 0 aromatic rings. The van der Waals surface area contributed by atoms with E-state index in [1.54, 1.807) is 11.9 Å². The lowest BCUT2D eigenvalue weighted by atomic mass is 10.0. The van der Waals surface area contributed by atoms with Crippen LogP contribution in [-0.2, 0) is 4.79 Å². The van der Waals surface area contributed by atoms with Gasteiger partial charge in [0.2, 0.25) is 5.91 Å². The van der Waals surface area contributed by atoms with E-state index in [-0.39, 0.29) is 12.5 Å². The van der Waals surface area contributed by atoms with Gasteiger partial charge in [0, 0.05) is 20.0 Å². The molecule has 14 heavy (non-hydrogen) atoms. The first-order valence-electron chi connectivity index (χ1n) is 5.29. The second kappa shape index (κ2) is 5.98. The van der Waals surface area contributed by atoms with Crippen LogP contribution in [0.2, 0.25) is 0 Å². The molecule has 0 saturated carbocycles. The van der Waals surface area contributed by atoms with Crippen molar-refractivity contribution >= 4 is 5.91 Å². The summed E-state index contributed by atoms with van der Waals surface area (Å²) in [5, 5.41) is 11.9. The Hall–Kier alpha value is -0.610. The monoisotopic (exact) mass is 200 g/mol. The third-order valence-corrected chi connectivity index (χ3v) is 2.79. The summed E-state index contributed by atoms with van der Waals surface area (Å²) in [4.78, 5) is 13.1. The van der Waals surface area contributed by atoms with Crippen LogP contribution in [0.4, 0.5) is 0 Å². The van der Waals surface area contributed by atoms with E-state index in [0.29, 0.717) is 18.9 Å². The Morgan fingerprint density at radius 2 is 2.43 bits per heavy atom. The molecule has 0 aromatic carbocycles. The highest BCUT2D eigenvalue weighted by molar-refractivity contribution is 5.75. The Kier molecular flexibility index (Phi) is 4.90. The molecule has 1 amide bonds. The molecule has 1 atom stereocenters. The quantitative estimate of drug-likeness (QED) is 0.647. The summed E-state index contributed by atoms with van der Waals surface area (Å²) in [5.41, 5.74) is 0. The second-order valence-corrected chi connectivity index (χ2v) is 3.94. The SMILES string of the molecule is CN(CCO)C(=O)CCC1CCNC1. The summed E-state index contributed by atoms with van der Waals surface area (Å²) in [7, 11) is 1.74. The third kappa shape index (κ3) is 3.64. The molecule has 2 N–H and O–H groups in total. The van der Waals surface area contributed by atoms with Crippen molar-refractivity contribution in [2.24, 2.45) is 5.92 Å². The standard InChI is InChI=1S/C10H20N2O2/c1-12(6-7-13)10(14)3-2-9-4-5-11-8-9/h9,11,13H,2-8H2,1H3. The number of carbonyl (C=O) groups is 1.